The highest BCUT2D eigenvalue weighted by atomic mass is 16.3. The molecule has 3 aromatic rings. The van der Waals surface area contributed by atoms with Gasteiger partial charge in [-0.2, -0.15) is 0 Å². The maximum Gasteiger partial charge on any atom is 0.267 e. The minimum absolute atomic E-state index is 0.219. The van der Waals surface area contributed by atoms with Crippen molar-refractivity contribution in [3.8, 4) is 5.75 Å². The van der Waals surface area contributed by atoms with E-state index in [2.05, 4.69) is 5.32 Å². The van der Waals surface area contributed by atoms with Crippen LogP contribution in [0.5, 0.6) is 5.75 Å². The molecule has 128 valence electrons. The molecule has 1 heterocycles. The van der Waals surface area contributed by atoms with Gasteiger partial charge in [-0.3, -0.25) is 9.59 Å². The van der Waals surface area contributed by atoms with Crippen molar-refractivity contribution in [1.82, 2.24) is 9.88 Å². The lowest BCUT2D eigenvalue weighted by Crippen LogP contribution is -2.34. The monoisotopic (exact) mass is 336 g/mol. The number of benzene rings is 2. The Hall–Kier alpha value is -3.08. The van der Waals surface area contributed by atoms with Gasteiger partial charge in [-0.15, -0.1) is 0 Å². The zero-order chi connectivity index (χ0) is 18.0. The quantitative estimate of drug-likeness (QED) is 0.768. The Balaban J connectivity index is 2.06. The summed E-state index contributed by atoms with van der Waals surface area (Å²) in [7, 11) is 0. The zero-order valence-corrected chi connectivity index (χ0v) is 14.2. The number of hydrogen-bond donors (Lipinski definition) is 2. The highest BCUT2D eigenvalue weighted by molar-refractivity contribution is 6.02. The summed E-state index contributed by atoms with van der Waals surface area (Å²) >= 11 is 0. The third-order valence-electron chi connectivity index (χ3n) is 4.34. The Bertz CT molecular complexity index is 977. The van der Waals surface area contributed by atoms with Gasteiger partial charge in [-0.1, -0.05) is 42.5 Å². The second kappa shape index (κ2) is 6.81. The molecule has 1 atom stereocenters. The van der Waals surface area contributed by atoms with Crippen LogP contribution in [-0.2, 0) is 6.54 Å². The third-order valence-corrected chi connectivity index (χ3v) is 4.34. The minimum Gasteiger partial charge on any atom is -0.506 e. The first-order valence-electron chi connectivity index (χ1n) is 8.25. The third kappa shape index (κ3) is 3.01. The highest BCUT2D eigenvalue weighted by Gasteiger charge is 2.23. The summed E-state index contributed by atoms with van der Waals surface area (Å²) in [4.78, 5) is 25.4. The Morgan fingerprint density at radius 3 is 2.44 bits per heavy atom. The summed E-state index contributed by atoms with van der Waals surface area (Å²) in [5.74, 6) is -0.852. The van der Waals surface area contributed by atoms with E-state index in [1.54, 1.807) is 24.3 Å². The molecule has 0 fully saturated rings. The predicted molar refractivity (Wildman–Crippen MR) is 97.9 cm³/mol. The van der Waals surface area contributed by atoms with Crippen LogP contribution in [0.3, 0.4) is 0 Å². The Kier molecular flexibility index (Phi) is 4.57. The number of aromatic hydroxyl groups is 1. The Morgan fingerprint density at radius 2 is 1.76 bits per heavy atom. The van der Waals surface area contributed by atoms with Gasteiger partial charge >= 0.3 is 0 Å². The zero-order valence-electron chi connectivity index (χ0n) is 14.2. The van der Waals surface area contributed by atoms with Gasteiger partial charge in [0.05, 0.1) is 11.6 Å². The molecular weight excluding hydrogens is 316 g/mol. The van der Waals surface area contributed by atoms with Crippen molar-refractivity contribution in [2.45, 2.75) is 26.4 Å². The fourth-order valence-electron chi connectivity index (χ4n) is 3.00. The molecule has 3 rings (SSSR count). The van der Waals surface area contributed by atoms with Crippen molar-refractivity contribution in [2.24, 2.45) is 0 Å². The number of nitrogens with zero attached hydrogens (tertiary/aromatic N) is 1. The molecule has 5 nitrogen and oxygen atoms in total. The first-order valence-corrected chi connectivity index (χ1v) is 8.25. The molecule has 0 aliphatic heterocycles. The molecule has 0 saturated carbocycles. The van der Waals surface area contributed by atoms with Gasteiger partial charge in [-0.05, 0) is 31.5 Å². The molecule has 0 bridgehead atoms. The molecule has 25 heavy (non-hydrogen) atoms. The van der Waals surface area contributed by atoms with Gasteiger partial charge in [0.25, 0.3) is 11.5 Å². The number of nitrogens with one attached hydrogen (secondary N) is 1. The lowest BCUT2D eigenvalue weighted by Gasteiger charge is -2.17. The fourth-order valence-corrected chi connectivity index (χ4v) is 3.00. The second-order valence-corrected chi connectivity index (χ2v) is 5.90. The molecule has 1 aromatic heterocycles. The average Bonchev–Trinajstić information content (AvgIpc) is 2.63. The van der Waals surface area contributed by atoms with E-state index in [9.17, 15) is 14.7 Å². The van der Waals surface area contributed by atoms with E-state index in [-0.39, 0.29) is 17.4 Å². The molecule has 0 unspecified atom stereocenters. The number of amides is 1. The smallest absolute Gasteiger partial charge is 0.267 e. The van der Waals surface area contributed by atoms with Crippen molar-refractivity contribution in [3.05, 3.63) is 76.1 Å². The molecule has 2 aromatic carbocycles. The number of fused-ring (bicyclic) bond motifs is 1. The van der Waals surface area contributed by atoms with Crippen LogP contribution in [0.15, 0.2) is 59.4 Å². The number of hydrogen-bond acceptors (Lipinski definition) is 3. The molecular formula is C20H20N2O3. The van der Waals surface area contributed by atoms with E-state index in [4.69, 9.17) is 0 Å². The largest absolute Gasteiger partial charge is 0.506 e. The maximum atomic E-state index is 12.7. The van der Waals surface area contributed by atoms with Crippen molar-refractivity contribution < 1.29 is 9.90 Å². The summed E-state index contributed by atoms with van der Waals surface area (Å²) in [5.41, 5.74) is 0.826. The van der Waals surface area contributed by atoms with Gasteiger partial charge in [0.15, 0.2) is 0 Å². The summed E-state index contributed by atoms with van der Waals surface area (Å²) in [6.07, 6.45) is 0. The number of rotatable bonds is 4. The van der Waals surface area contributed by atoms with E-state index in [0.717, 1.165) is 5.56 Å². The first kappa shape index (κ1) is 16.8. The average molecular weight is 336 g/mol. The van der Waals surface area contributed by atoms with Crippen LogP contribution < -0.4 is 10.9 Å². The minimum atomic E-state index is -0.577. The fraction of sp³-hybridized carbons (Fsp3) is 0.200. The lowest BCUT2D eigenvalue weighted by molar-refractivity contribution is 0.0935. The van der Waals surface area contributed by atoms with Crippen LogP contribution in [0.1, 0.15) is 35.8 Å². The topological polar surface area (TPSA) is 71.3 Å². The van der Waals surface area contributed by atoms with Gasteiger partial charge in [-0.25, -0.2) is 0 Å². The number of para-hydroxylation sites is 1. The summed E-state index contributed by atoms with van der Waals surface area (Å²) in [6.45, 7) is 4.08. The van der Waals surface area contributed by atoms with Gasteiger partial charge in [0, 0.05) is 11.9 Å². The predicted octanol–water partition coefficient (Wildman–Crippen LogP) is 3.22. The molecule has 5 heteroatoms. The summed E-state index contributed by atoms with van der Waals surface area (Å²) in [5, 5.41) is 13.8. The van der Waals surface area contributed by atoms with Crippen LogP contribution in [0.25, 0.3) is 10.9 Å². The van der Waals surface area contributed by atoms with Gasteiger partial charge in [0.2, 0.25) is 0 Å². The number of carbonyl (C=O) groups excluding carboxylic acids is 1. The summed E-state index contributed by atoms with van der Waals surface area (Å²) < 4.78 is 1.50. The normalized spacial score (nSPS) is 12.1. The van der Waals surface area contributed by atoms with Crippen molar-refractivity contribution >= 4 is 16.8 Å². The molecule has 0 aliphatic rings. The number of pyridine rings is 1. The molecule has 0 radical (unpaired) electrons. The van der Waals surface area contributed by atoms with Gasteiger partial charge in [0.1, 0.15) is 11.3 Å². The second-order valence-electron chi connectivity index (χ2n) is 5.90. The summed E-state index contributed by atoms with van der Waals surface area (Å²) in [6, 6.07) is 16.2. The van der Waals surface area contributed by atoms with Crippen molar-refractivity contribution in [2.75, 3.05) is 0 Å². The van der Waals surface area contributed by atoms with Crippen LogP contribution in [0.2, 0.25) is 0 Å². The van der Waals surface area contributed by atoms with E-state index in [1.807, 2.05) is 44.2 Å². The maximum absolute atomic E-state index is 12.7. The van der Waals surface area contributed by atoms with E-state index < -0.39 is 11.5 Å². The van der Waals surface area contributed by atoms with Gasteiger partial charge < -0.3 is 15.0 Å². The molecule has 1 amide bonds. The Morgan fingerprint density at radius 1 is 1.12 bits per heavy atom. The van der Waals surface area contributed by atoms with Crippen LogP contribution in [0.4, 0.5) is 0 Å². The van der Waals surface area contributed by atoms with Crippen LogP contribution in [-0.4, -0.2) is 15.6 Å². The van der Waals surface area contributed by atoms with Crippen molar-refractivity contribution in [3.63, 3.8) is 0 Å². The van der Waals surface area contributed by atoms with Crippen LogP contribution >= 0.6 is 0 Å². The number of aryl methyl sites for hydroxylation is 1. The number of aromatic nitrogens is 1. The molecule has 0 spiro atoms. The number of carbonyl (C=O) groups is 1. The van der Waals surface area contributed by atoms with E-state index in [1.165, 1.54) is 4.57 Å². The molecule has 0 saturated heterocycles. The molecule has 2 N–H and O–H groups in total. The highest BCUT2D eigenvalue weighted by Crippen LogP contribution is 2.26. The van der Waals surface area contributed by atoms with E-state index in [0.29, 0.717) is 17.4 Å². The molecule has 0 aliphatic carbocycles. The van der Waals surface area contributed by atoms with Crippen LogP contribution in [0, 0.1) is 0 Å². The Labute approximate surface area is 145 Å². The van der Waals surface area contributed by atoms with E-state index >= 15 is 0 Å². The SMILES string of the molecule is CCn1c(=O)c(C(=O)N[C@H](C)c2ccccc2)c(O)c2ccccc21. The first-order chi connectivity index (χ1) is 12.0. The lowest BCUT2D eigenvalue weighted by atomic mass is 10.1. The van der Waals surface area contributed by atoms with Crippen molar-refractivity contribution in [1.29, 1.82) is 0 Å². The standard InChI is InChI=1S/C20H20N2O3/c1-3-22-16-12-8-7-11-15(16)18(23)17(20(22)25)19(24)21-13(2)14-9-5-4-6-10-14/h4-13,23H,3H2,1-2H3,(H,21,24)/t13-/m1/s1.